The minimum absolute atomic E-state index is 0.412. The Balaban J connectivity index is 2.57. The molecule has 6 nitrogen and oxygen atoms in total. The monoisotopic (exact) mass is 313 g/mol. The quantitative estimate of drug-likeness (QED) is 0.592. The molecule has 0 heterocycles. The van der Waals surface area contributed by atoms with Crippen molar-refractivity contribution in [1.82, 2.24) is 5.32 Å². The highest BCUT2D eigenvalue weighted by Gasteiger charge is 2.13. The molecular weight excluding hydrogens is 286 g/mol. The first kappa shape index (κ1) is 18.7. The zero-order valence-electron chi connectivity index (χ0n) is 13.9. The zero-order chi connectivity index (χ0) is 16.2. The van der Waals surface area contributed by atoms with Crippen molar-refractivity contribution < 1.29 is 23.7 Å². The number of benzene rings is 1. The molecule has 0 spiro atoms. The van der Waals surface area contributed by atoms with Crippen LogP contribution in [0, 0.1) is 0 Å². The zero-order valence-corrected chi connectivity index (χ0v) is 13.9. The fraction of sp³-hybridized carbons (Fsp3) is 0.625. The van der Waals surface area contributed by atoms with Gasteiger partial charge in [0, 0.05) is 13.7 Å². The van der Waals surface area contributed by atoms with Crippen LogP contribution in [0.15, 0.2) is 12.1 Å². The summed E-state index contributed by atoms with van der Waals surface area (Å²) in [6.45, 7) is 3.52. The van der Waals surface area contributed by atoms with Crippen molar-refractivity contribution >= 4 is 0 Å². The molecule has 1 N–H and O–H groups in total. The second kappa shape index (κ2) is 11.3. The molecule has 0 saturated heterocycles. The van der Waals surface area contributed by atoms with Crippen molar-refractivity contribution in [3.8, 4) is 11.5 Å². The lowest BCUT2D eigenvalue weighted by Crippen LogP contribution is -2.16. The lowest BCUT2D eigenvalue weighted by atomic mass is 10.1. The van der Waals surface area contributed by atoms with E-state index in [2.05, 4.69) is 5.32 Å². The molecule has 22 heavy (non-hydrogen) atoms. The summed E-state index contributed by atoms with van der Waals surface area (Å²) in [5.74, 6) is 1.48. The Hall–Kier alpha value is -1.34. The van der Waals surface area contributed by atoms with Gasteiger partial charge in [0.1, 0.15) is 11.5 Å². The summed E-state index contributed by atoms with van der Waals surface area (Å²) in [7, 11) is 6.82. The molecule has 0 atom stereocenters. The summed E-state index contributed by atoms with van der Waals surface area (Å²) >= 11 is 0. The van der Waals surface area contributed by atoms with Crippen molar-refractivity contribution in [3.63, 3.8) is 0 Å². The van der Waals surface area contributed by atoms with E-state index in [1.54, 1.807) is 21.3 Å². The van der Waals surface area contributed by atoms with Gasteiger partial charge in [-0.15, -0.1) is 0 Å². The Labute approximate surface area is 132 Å². The number of nitrogens with one attached hydrogen (secondary N) is 1. The second-order valence-corrected chi connectivity index (χ2v) is 4.68. The third kappa shape index (κ3) is 6.19. The van der Waals surface area contributed by atoms with Crippen molar-refractivity contribution in [3.05, 3.63) is 23.3 Å². The van der Waals surface area contributed by atoms with Gasteiger partial charge in [-0.25, -0.2) is 0 Å². The Morgan fingerprint density at radius 1 is 0.864 bits per heavy atom. The van der Waals surface area contributed by atoms with Crippen molar-refractivity contribution in [1.29, 1.82) is 0 Å². The largest absolute Gasteiger partial charge is 0.496 e. The molecular formula is C16H27NO5. The van der Waals surface area contributed by atoms with E-state index < -0.39 is 0 Å². The number of rotatable bonds is 12. The number of hydrogen-bond acceptors (Lipinski definition) is 6. The maximum atomic E-state index is 5.65. The average Bonchev–Trinajstić information content (AvgIpc) is 2.54. The normalized spacial score (nSPS) is 10.7. The number of likely N-dealkylation sites (N-methyl/N-ethyl adjacent to an activating group) is 1. The van der Waals surface area contributed by atoms with Gasteiger partial charge in [0.2, 0.25) is 0 Å². The molecule has 1 aromatic rings. The van der Waals surface area contributed by atoms with Crippen molar-refractivity contribution in [2.45, 2.75) is 13.2 Å². The fourth-order valence-electron chi connectivity index (χ4n) is 2.00. The molecule has 0 aliphatic carbocycles. The van der Waals surface area contributed by atoms with Crippen molar-refractivity contribution in [2.24, 2.45) is 0 Å². The van der Waals surface area contributed by atoms with Crippen LogP contribution in [0.25, 0.3) is 0 Å². The standard InChI is InChI=1S/C16H27NO5/c1-17-5-6-21-7-8-22-12-14-15(19-3)9-13(11-18-2)10-16(14)20-4/h9-10,17H,5-8,11-12H2,1-4H3. The van der Waals surface area contributed by atoms with E-state index >= 15 is 0 Å². The molecule has 0 amide bonds. The van der Waals surface area contributed by atoms with Gasteiger partial charge in [-0.1, -0.05) is 0 Å². The van der Waals surface area contributed by atoms with Crippen LogP contribution in [0.2, 0.25) is 0 Å². The minimum Gasteiger partial charge on any atom is -0.496 e. The van der Waals surface area contributed by atoms with E-state index in [1.807, 2.05) is 19.2 Å². The maximum Gasteiger partial charge on any atom is 0.128 e. The summed E-state index contributed by atoms with van der Waals surface area (Å²) in [4.78, 5) is 0. The summed E-state index contributed by atoms with van der Waals surface area (Å²) in [6.07, 6.45) is 0. The highest BCUT2D eigenvalue weighted by atomic mass is 16.5. The second-order valence-electron chi connectivity index (χ2n) is 4.68. The Bertz CT molecular complexity index is 400. The summed E-state index contributed by atoms with van der Waals surface area (Å²) in [5, 5.41) is 3.02. The van der Waals surface area contributed by atoms with E-state index in [0.717, 1.165) is 29.2 Å². The van der Waals surface area contributed by atoms with Crippen LogP contribution < -0.4 is 14.8 Å². The van der Waals surface area contributed by atoms with Crippen LogP contribution in [0.5, 0.6) is 11.5 Å². The van der Waals surface area contributed by atoms with Crippen molar-refractivity contribution in [2.75, 3.05) is 54.7 Å². The molecule has 0 aromatic heterocycles. The first-order chi connectivity index (χ1) is 10.8. The van der Waals surface area contributed by atoms with Crippen LogP contribution in [-0.2, 0) is 27.4 Å². The maximum absolute atomic E-state index is 5.65. The van der Waals surface area contributed by atoms with Gasteiger partial charge in [-0.2, -0.15) is 0 Å². The van der Waals surface area contributed by atoms with Crippen LogP contribution in [0.4, 0.5) is 0 Å². The highest BCUT2D eigenvalue weighted by molar-refractivity contribution is 5.47. The molecule has 6 heteroatoms. The third-order valence-electron chi connectivity index (χ3n) is 3.09. The van der Waals surface area contributed by atoms with E-state index in [1.165, 1.54) is 0 Å². The SMILES string of the molecule is CNCCOCCOCc1c(OC)cc(COC)cc1OC. The Kier molecular flexibility index (Phi) is 9.57. The van der Waals surface area contributed by atoms with E-state index in [9.17, 15) is 0 Å². The summed E-state index contributed by atoms with van der Waals surface area (Å²) in [6, 6.07) is 3.88. The highest BCUT2D eigenvalue weighted by Crippen LogP contribution is 2.31. The van der Waals surface area contributed by atoms with Gasteiger partial charge >= 0.3 is 0 Å². The van der Waals surface area contributed by atoms with Crippen LogP contribution in [0.1, 0.15) is 11.1 Å². The predicted molar refractivity (Wildman–Crippen MR) is 84.7 cm³/mol. The molecule has 0 aliphatic rings. The van der Waals surface area contributed by atoms with Gasteiger partial charge in [-0.05, 0) is 24.7 Å². The molecule has 0 radical (unpaired) electrons. The van der Waals surface area contributed by atoms with Crippen LogP contribution in [0.3, 0.4) is 0 Å². The summed E-state index contributed by atoms with van der Waals surface area (Å²) in [5.41, 5.74) is 1.88. The van der Waals surface area contributed by atoms with Crippen LogP contribution in [-0.4, -0.2) is 54.7 Å². The first-order valence-electron chi connectivity index (χ1n) is 7.29. The predicted octanol–water partition coefficient (Wildman–Crippen LogP) is 1.60. The van der Waals surface area contributed by atoms with E-state index in [0.29, 0.717) is 33.0 Å². The average molecular weight is 313 g/mol. The summed E-state index contributed by atoms with van der Waals surface area (Å²) < 4.78 is 27.1. The van der Waals surface area contributed by atoms with Gasteiger partial charge in [-0.3, -0.25) is 0 Å². The third-order valence-corrected chi connectivity index (χ3v) is 3.09. The lowest BCUT2D eigenvalue weighted by Gasteiger charge is -2.15. The minimum atomic E-state index is 0.412. The van der Waals surface area contributed by atoms with E-state index in [4.69, 9.17) is 23.7 Å². The molecule has 0 bridgehead atoms. The fourth-order valence-corrected chi connectivity index (χ4v) is 2.00. The molecule has 1 aromatic carbocycles. The number of ether oxygens (including phenoxy) is 5. The molecule has 0 aliphatic heterocycles. The Morgan fingerprint density at radius 2 is 1.50 bits per heavy atom. The number of methoxy groups -OCH3 is 3. The molecule has 0 fully saturated rings. The molecule has 126 valence electrons. The molecule has 0 saturated carbocycles. The van der Waals surface area contributed by atoms with Gasteiger partial charge in [0.25, 0.3) is 0 Å². The molecule has 0 unspecified atom stereocenters. The van der Waals surface area contributed by atoms with Gasteiger partial charge < -0.3 is 29.0 Å². The van der Waals surface area contributed by atoms with Crippen LogP contribution >= 0.6 is 0 Å². The van der Waals surface area contributed by atoms with Gasteiger partial charge in [0.15, 0.2) is 0 Å². The topological polar surface area (TPSA) is 58.2 Å². The lowest BCUT2D eigenvalue weighted by molar-refractivity contribution is 0.0407. The smallest absolute Gasteiger partial charge is 0.128 e. The number of hydrogen-bond donors (Lipinski definition) is 1. The van der Waals surface area contributed by atoms with E-state index in [-0.39, 0.29) is 0 Å². The molecule has 1 rings (SSSR count). The van der Waals surface area contributed by atoms with Gasteiger partial charge in [0.05, 0.1) is 52.8 Å². The Morgan fingerprint density at radius 3 is 2.05 bits per heavy atom. The first-order valence-corrected chi connectivity index (χ1v) is 7.29.